The van der Waals surface area contributed by atoms with Gasteiger partial charge in [-0.2, -0.15) is 0 Å². The minimum Gasteiger partial charge on any atom is -0.308 e. The van der Waals surface area contributed by atoms with Gasteiger partial charge >= 0.3 is 0 Å². The standard InChI is InChI=1S/C12H12BrClN2S/c1-8-12(17-7-16-8)6-15-5-9-2-3-11(14)10(13)4-9/h2-4,7,15H,5-6H2,1H3. The summed E-state index contributed by atoms with van der Waals surface area (Å²) in [7, 11) is 0. The Labute approximate surface area is 118 Å². The highest BCUT2D eigenvalue weighted by molar-refractivity contribution is 9.10. The molecule has 0 saturated carbocycles. The average Bonchev–Trinajstić information content (AvgIpc) is 2.70. The number of nitrogens with one attached hydrogen (secondary N) is 1. The maximum Gasteiger partial charge on any atom is 0.0798 e. The van der Waals surface area contributed by atoms with E-state index in [-0.39, 0.29) is 0 Å². The van der Waals surface area contributed by atoms with Gasteiger partial charge in [0.1, 0.15) is 0 Å². The molecule has 17 heavy (non-hydrogen) atoms. The molecule has 0 aliphatic carbocycles. The number of halogens is 2. The first-order valence-corrected chi connectivity index (χ1v) is 7.25. The second kappa shape index (κ2) is 5.96. The van der Waals surface area contributed by atoms with Crippen molar-refractivity contribution in [1.82, 2.24) is 10.3 Å². The van der Waals surface area contributed by atoms with Crippen LogP contribution in [0.5, 0.6) is 0 Å². The Morgan fingerprint density at radius 1 is 1.41 bits per heavy atom. The van der Waals surface area contributed by atoms with Crippen LogP contribution in [0.1, 0.15) is 16.1 Å². The Balaban J connectivity index is 1.90. The van der Waals surface area contributed by atoms with Crippen molar-refractivity contribution in [3.05, 3.63) is 49.3 Å². The Bertz CT molecular complexity index is 513. The summed E-state index contributed by atoms with van der Waals surface area (Å²) in [5.74, 6) is 0. The molecule has 0 bridgehead atoms. The van der Waals surface area contributed by atoms with Gasteiger partial charge in [-0.05, 0) is 40.5 Å². The van der Waals surface area contributed by atoms with Crippen molar-refractivity contribution in [2.75, 3.05) is 0 Å². The van der Waals surface area contributed by atoms with E-state index in [1.165, 1.54) is 10.4 Å². The maximum absolute atomic E-state index is 5.94. The summed E-state index contributed by atoms with van der Waals surface area (Å²) < 4.78 is 0.937. The van der Waals surface area contributed by atoms with Crippen molar-refractivity contribution in [3.8, 4) is 0 Å². The Hall–Kier alpha value is -0.420. The molecule has 2 nitrogen and oxygen atoms in total. The van der Waals surface area contributed by atoms with Gasteiger partial charge in [0.25, 0.3) is 0 Å². The summed E-state index contributed by atoms with van der Waals surface area (Å²) in [6.45, 7) is 3.72. The molecule has 0 saturated heterocycles. The first-order valence-electron chi connectivity index (χ1n) is 5.20. The molecule has 2 aromatic rings. The summed E-state index contributed by atoms with van der Waals surface area (Å²) >= 11 is 11.0. The van der Waals surface area contributed by atoms with E-state index in [0.29, 0.717) is 0 Å². The Morgan fingerprint density at radius 2 is 2.24 bits per heavy atom. The first-order chi connectivity index (χ1) is 8.16. The van der Waals surface area contributed by atoms with E-state index >= 15 is 0 Å². The highest BCUT2D eigenvalue weighted by atomic mass is 79.9. The molecule has 1 N–H and O–H groups in total. The Kier molecular flexibility index (Phi) is 4.56. The number of aromatic nitrogens is 1. The van der Waals surface area contributed by atoms with Crippen LogP contribution in [0, 0.1) is 6.92 Å². The fraction of sp³-hybridized carbons (Fsp3) is 0.250. The first kappa shape index (κ1) is 13.0. The summed E-state index contributed by atoms with van der Waals surface area (Å²) in [5, 5.41) is 4.14. The van der Waals surface area contributed by atoms with E-state index in [1.54, 1.807) is 11.3 Å². The summed E-state index contributed by atoms with van der Waals surface area (Å²) in [6, 6.07) is 5.97. The molecule has 0 amide bonds. The van der Waals surface area contributed by atoms with Crippen LogP contribution < -0.4 is 5.32 Å². The van der Waals surface area contributed by atoms with E-state index < -0.39 is 0 Å². The molecule has 1 heterocycles. The minimum atomic E-state index is 0.743. The lowest BCUT2D eigenvalue weighted by Gasteiger charge is -2.05. The smallest absolute Gasteiger partial charge is 0.0798 e. The van der Waals surface area contributed by atoms with Crippen LogP contribution in [0.15, 0.2) is 28.2 Å². The molecule has 5 heteroatoms. The molecule has 0 atom stereocenters. The van der Waals surface area contributed by atoms with Gasteiger partial charge in [-0.25, -0.2) is 4.98 Å². The third kappa shape index (κ3) is 3.52. The van der Waals surface area contributed by atoms with Crippen LogP contribution in [0.3, 0.4) is 0 Å². The third-order valence-electron chi connectivity index (χ3n) is 2.44. The summed E-state index contributed by atoms with van der Waals surface area (Å²) in [5.41, 5.74) is 4.20. The zero-order valence-electron chi connectivity index (χ0n) is 9.34. The lowest BCUT2D eigenvalue weighted by Crippen LogP contribution is -2.12. The molecule has 0 radical (unpaired) electrons. The van der Waals surface area contributed by atoms with Crippen LogP contribution in [0.25, 0.3) is 0 Å². The number of hydrogen-bond donors (Lipinski definition) is 1. The van der Waals surface area contributed by atoms with E-state index in [4.69, 9.17) is 11.6 Å². The molecule has 1 aromatic carbocycles. The highest BCUT2D eigenvalue weighted by Gasteiger charge is 2.02. The van der Waals surface area contributed by atoms with E-state index in [1.807, 2.05) is 30.6 Å². The van der Waals surface area contributed by atoms with Crippen molar-refractivity contribution in [2.45, 2.75) is 20.0 Å². The van der Waals surface area contributed by atoms with Crippen molar-refractivity contribution < 1.29 is 0 Å². The monoisotopic (exact) mass is 330 g/mol. The topological polar surface area (TPSA) is 24.9 Å². The van der Waals surface area contributed by atoms with E-state index in [0.717, 1.165) is 28.3 Å². The second-order valence-electron chi connectivity index (χ2n) is 3.71. The number of thiazole rings is 1. The van der Waals surface area contributed by atoms with Gasteiger partial charge < -0.3 is 5.32 Å². The van der Waals surface area contributed by atoms with Gasteiger partial charge in [0.2, 0.25) is 0 Å². The summed E-state index contributed by atoms with van der Waals surface area (Å²) in [4.78, 5) is 5.51. The zero-order valence-corrected chi connectivity index (χ0v) is 12.5. The molecule has 0 spiro atoms. The lowest BCUT2D eigenvalue weighted by molar-refractivity contribution is 0.697. The van der Waals surface area contributed by atoms with Crippen LogP contribution in [-0.4, -0.2) is 4.98 Å². The van der Waals surface area contributed by atoms with E-state index in [9.17, 15) is 0 Å². The largest absolute Gasteiger partial charge is 0.308 e. The molecule has 0 fully saturated rings. The second-order valence-corrected chi connectivity index (χ2v) is 5.91. The molecule has 90 valence electrons. The van der Waals surface area contributed by atoms with Crippen molar-refractivity contribution >= 4 is 38.9 Å². The van der Waals surface area contributed by atoms with Crippen molar-refractivity contribution in [2.24, 2.45) is 0 Å². The summed E-state index contributed by atoms with van der Waals surface area (Å²) in [6.07, 6.45) is 0. The predicted octanol–water partition coefficient (Wildman–Crippen LogP) is 4.16. The zero-order chi connectivity index (χ0) is 12.3. The Morgan fingerprint density at radius 3 is 2.88 bits per heavy atom. The number of hydrogen-bond acceptors (Lipinski definition) is 3. The van der Waals surface area contributed by atoms with E-state index in [2.05, 4.69) is 26.2 Å². The molecular formula is C12H12BrClN2S. The maximum atomic E-state index is 5.94. The van der Waals surface area contributed by atoms with Crippen LogP contribution in [0.2, 0.25) is 5.02 Å². The fourth-order valence-electron chi connectivity index (χ4n) is 1.47. The van der Waals surface area contributed by atoms with Gasteiger partial charge in [-0.1, -0.05) is 17.7 Å². The third-order valence-corrected chi connectivity index (χ3v) is 4.59. The molecule has 0 aliphatic heterocycles. The van der Waals surface area contributed by atoms with Crippen molar-refractivity contribution in [1.29, 1.82) is 0 Å². The SMILES string of the molecule is Cc1ncsc1CNCc1ccc(Cl)c(Br)c1. The quantitative estimate of drug-likeness (QED) is 0.910. The molecular weight excluding hydrogens is 320 g/mol. The lowest BCUT2D eigenvalue weighted by atomic mass is 10.2. The van der Waals surface area contributed by atoms with Gasteiger partial charge in [-0.15, -0.1) is 11.3 Å². The minimum absolute atomic E-state index is 0.743. The van der Waals surface area contributed by atoms with Gasteiger partial charge in [0.05, 0.1) is 16.2 Å². The van der Waals surface area contributed by atoms with Crippen LogP contribution in [-0.2, 0) is 13.1 Å². The normalized spacial score (nSPS) is 10.8. The van der Waals surface area contributed by atoms with Crippen LogP contribution >= 0.6 is 38.9 Å². The van der Waals surface area contributed by atoms with Gasteiger partial charge in [0.15, 0.2) is 0 Å². The van der Waals surface area contributed by atoms with Crippen molar-refractivity contribution in [3.63, 3.8) is 0 Å². The highest BCUT2D eigenvalue weighted by Crippen LogP contribution is 2.23. The van der Waals surface area contributed by atoms with Gasteiger partial charge in [-0.3, -0.25) is 0 Å². The molecule has 2 rings (SSSR count). The number of rotatable bonds is 4. The molecule has 0 unspecified atom stereocenters. The van der Waals surface area contributed by atoms with Gasteiger partial charge in [0, 0.05) is 22.4 Å². The number of benzene rings is 1. The van der Waals surface area contributed by atoms with Crippen LogP contribution in [0.4, 0.5) is 0 Å². The average molecular weight is 332 g/mol. The number of nitrogens with zero attached hydrogens (tertiary/aromatic N) is 1. The fourth-order valence-corrected chi connectivity index (χ4v) is 2.76. The molecule has 0 aliphatic rings. The predicted molar refractivity (Wildman–Crippen MR) is 76.5 cm³/mol. The number of aryl methyl sites for hydroxylation is 1. The molecule has 1 aromatic heterocycles.